The van der Waals surface area contributed by atoms with Crippen LogP contribution in [0.1, 0.15) is 33.6 Å². The Bertz CT molecular complexity index is 653. The molecule has 1 aliphatic heterocycles. The molecule has 1 saturated heterocycles. The van der Waals surface area contributed by atoms with Crippen molar-refractivity contribution in [1.82, 2.24) is 4.90 Å². The van der Waals surface area contributed by atoms with Gasteiger partial charge >= 0.3 is 0 Å². The van der Waals surface area contributed by atoms with Crippen LogP contribution in [0.5, 0.6) is 11.5 Å². The van der Waals surface area contributed by atoms with Gasteiger partial charge in [-0.3, -0.25) is 0 Å². The van der Waals surface area contributed by atoms with Gasteiger partial charge < -0.3 is 29.4 Å². The summed E-state index contributed by atoms with van der Waals surface area (Å²) in [4.78, 5) is 4.70. The van der Waals surface area contributed by atoms with E-state index in [0.717, 1.165) is 57.1 Å². The number of nitrogen functional groups attached to an aromatic ring is 1. The molecule has 0 spiro atoms. The largest absolute Gasteiger partial charge is 0.495 e. The first kappa shape index (κ1) is 23.8. The van der Waals surface area contributed by atoms with E-state index in [2.05, 4.69) is 50.7 Å². The zero-order valence-electron chi connectivity index (χ0n) is 19.5. The summed E-state index contributed by atoms with van der Waals surface area (Å²) in [5, 5.41) is 0.252. The fourth-order valence-electron chi connectivity index (χ4n) is 3.08. The number of unbranched alkanes of at least 4 members (excludes halogenated alkanes) is 1. The summed E-state index contributed by atoms with van der Waals surface area (Å²) in [6, 6.07) is 3.91. The molecule has 0 saturated carbocycles. The molecule has 0 aromatic heterocycles. The van der Waals surface area contributed by atoms with Gasteiger partial charge in [-0.05, 0) is 38.0 Å². The average Bonchev–Trinajstić information content (AvgIpc) is 2.64. The Hall–Kier alpha value is -1.44. The van der Waals surface area contributed by atoms with Crippen molar-refractivity contribution in [3.8, 4) is 11.5 Å². The number of nitrogens with zero attached hydrogens (tertiary/aromatic N) is 2. The third kappa shape index (κ3) is 6.52. The van der Waals surface area contributed by atoms with E-state index in [-0.39, 0.29) is 5.04 Å². The quantitative estimate of drug-likeness (QED) is 0.365. The number of rotatable bonds is 9. The third-order valence-electron chi connectivity index (χ3n) is 6.22. The number of likely N-dealkylation sites (N-methyl/N-ethyl adjacent to an activating group) is 1. The maximum absolute atomic E-state index is 6.26. The van der Waals surface area contributed by atoms with Crippen LogP contribution >= 0.6 is 0 Å². The van der Waals surface area contributed by atoms with Crippen LogP contribution in [0.25, 0.3) is 0 Å². The number of anilines is 2. The lowest BCUT2D eigenvalue weighted by atomic mass is 10.2. The molecule has 2 N–H and O–H groups in total. The molecule has 1 heterocycles. The standard InChI is InChI=1S/C22H41N3O3Si/c1-22(2,3)29(6,7)28-15-9-8-14-27-21-16-18(23)20(26-5)17-19(21)25-12-10-24(4)11-13-25/h16-17H,8-15,23H2,1-7H3. The summed E-state index contributed by atoms with van der Waals surface area (Å²) in [5.41, 5.74) is 7.83. The van der Waals surface area contributed by atoms with Crippen LogP contribution < -0.4 is 20.1 Å². The molecule has 166 valence electrons. The third-order valence-corrected chi connectivity index (χ3v) is 10.8. The maximum atomic E-state index is 6.26. The Kier molecular flexibility index (Phi) is 8.25. The normalized spacial score (nSPS) is 16.2. The molecule has 0 unspecified atom stereocenters. The SMILES string of the molecule is COc1cc(N2CCN(C)CC2)c(OCCCCO[Si](C)(C)C(C)(C)C)cc1N. The minimum atomic E-state index is -1.67. The van der Waals surface area contributed by atoms with Gasteiger partial charge in [-0.2, -0.15) is 0 Å². The molecule has 7 heteroatoms. The van der Waals surface area contributed by atoms with E-state index in [0.29, 0.717) is 18.0 Å². The van der Waals surface area contributed by atoms with Crippen LogP contribution in [0, 0.1) is 0 Å². The van der Waals surface area contributed by atoms with E-state index in [1.807, 2.05) is 12.1 Å². The van der Waals surface area contributed by atoms with Crippen molar-refractivity contribution in [2.24, 2.45) is 0 Å². The first-order valence-electron chi connectivity index (χ1n) is 10.7. The smallest absolute Gasteiger partial charge is 0.191 e. The molecule has 0 amide bonds. The highest BCUT2D eigenvalue weighted by Gasteiger charge is 2.36. The van der Waals surface area contributed by atoms with Crippen LogP contribution in [0.4, 0.5) is 11.4 Å². The van der Waals surface area contributed by atoms with Gasteiger partial charge in [0.1, 0.15) is 11.5 Å². The molecule has 29 heavy (non-hydrogen) atoms. The summed E-state index contributed by atoms with van der Waals surface area (Å²) < 4.78 is 17.9. The second kappa shape index (κ2) is 10.0. The highest BCUT2D eigenvalue weighted by molar-refractivity contribution is 6.74. The summed E-state index contributed by atoms with van der Waals surface area (Å²) in [6.45, 7) is 16.9. The van der Waals surface area contributed by atoms with Crippen molar-refractivity contribution in [2.75, 3.05) is 64.2 Å². The topological polar surface area (TPSA) is 60.2 Å². The van der Waals surface area contributed by atoms with Crippen molar-refractivity contribution < 1.29 is 13.9 Å². The van der Waals surface area contributed by atoms with Gasteiger partial charge in [0, 0.05) is 44.9 Å². The summed E-state index contributed by atoms with van der Waals surface area (Å²) >= 11 is 0. The van der Waals surface area contributed by atoms with Crippen molar-refractivity contribution in [3.63, 3.8) is 0 Å². The van der Waals surface area contributed by atoms with Crippen LogP contribution in [0.2, 0.25) is 18.1 Å². The number of hydrogen-bond acceptors (Lipinski definition) is 6. The molecule has 1 aromatic carbocycles. The first-order chi connectivity index (χ1) is 13.5. The monoisotopic (exact) mass is 423 g/mol. The molecule has 0 radical (unpaired) electrons. The fraction of sp³-hybridized carbons (Fsp3) is 0.727. The lowest BCUT2D eigenvalue weighted by molar-refractivity contribution is 0.251. The van der Waals surface area contributed by atoms with E-state index in [4.69, 9.17) is 19.6 Å². The second-order valence-electron chi connectivity index (χ2n) is 9.52. The molecule has 0 bridgehead atoms. The first-order valence-corrected chi connectivity index (χ1v) is 13.6. The molecule has 0 atom stereocenters. The van der Waals surface area contributed by atoms with Gasteiger partial charge in [0.15, 0.2) is 8.32 Å². The van der Waals surface area contributed by atoms with Crippen molar-refractivity contribution >= 4 is 19.7 Å². The molecular formula is C22H41N3O3Si. The minimum Gasteiger partial charge on any atom is -0.495 e. The lowest BCUT2D eigenvalue weighted by Crippen LogP contribution is -2.44. The molecule has 0 aliphatic carbocycles. The van der Waals surface area contributed by atoms with Gasteiger partial charge in [0.05, 0.1) is 25.1 Å². The Labute approximate surface area is 178 Å². The second-order valence-corrected chi connectivity index (χ2v) is 14.3. The Morgan fingerprint density at radius 3 is 2.21 bits per heavy atom. The number of benzene rings is 1. The zero-order chi connectivity index (χ0) is 21.7. The van der Waals surface area contributed by atoms with Crippen LogP contribution in [-0.4, -0.2) is 66.8 Å². The Morgan fingerprint density at radius 2 is 1.62 bits per heavy atom. The average molecular weight is 424 g/mol. The van der Waals surface area contributed by atoms with E-state index in [1.165, 1.54) is 0 Å². The van der Waals surface area contributed by atoms with E-state index >= 15 is 0 Å². The van der Waals surface area contributed by atoms with Gasteiger partial charge in [-0.25, -0.2) is 0 Å². The number of piperazine rings is 1. The predicted molar refractivity (Wildman–Crippen MR) is 125 cm³/mol. The lowest BCUT2D eigenvalue weighted by Gasteiger charge is -2.36. The maximum Gasteiger partial charge on any atom is 0.191 e. The van der Waals surface area contributed by atoms with Crippen LogP contribution in [0.3, 0.4) is 0 Å². The summed E-state index contributed by atoms with van der Waals surface area (Å²) in [5.74, 6) is 1.55. The highest BCUT2D eigenvalue weighted by Crippen LogP contribution is 2.38. The molecule has 1 fully saturated rings. The van der Waals surface area contributed by atoms with Crippen molar-refractivity contribution in [1.29, 1.82) is 0 Å². The summed E-state index contributed by atoms with van der Waals surface area (Å²) in [7, 11) is 2.15. The predicted octanol–water partition coefficient (Wildman–Crippen LogP) is 4.21. The molecule has 6 nitrogen and oxygen atoms in total. The van der Waals surface area contributed by atoms with E-state index < -0.39 is 8.32 Å². The zero-order valence-corrected chi connectivity index (χ0v) is 20.5. The molecular weight excluding hydrogens is 382 g/mol. The Morgan fingerprint density at radius 1 is 1.00 bits per heavy atom. The fourth-order valence-corrected chi connectivity index (χ4v) is 4.17. The number of ether oxygens (including phenoxy) is 2. The Balaban J connectivity index is 1.92. The molecule has 1 aliphatic rings. The minimum absolute atomic E-state index is 0.252. The van der Waals surface area contributed by atoms with Crippen LogP contribution in [-0.2, 0) is 4.43 Å². The van der Waals surface area contributed by atoms with Crippen molar-refractivity contribution in [3.05, 3.63) is 12.1 Å². The van der Waals surface area contributed by atoms with Gasteiger partial charge in [-0.1, -0.05) is 20.8 Å². The number of hydrogen-bond donors (Lipinski definition) is 1. The van der Waals surface area contributed by atoms with E-state index in [1.54, 1.807) is 7.11 Å². The molecule has 1 aromatic rings. The number of methoxy groups -OCH3 is 1. The number of nitrogens with two attached hydrogens (primary N) is 1. The van der Waals surface area contributed by atoms with E-state index in [9.17, 15) is 0 Å². The summed E-state index contributed by atoms with van der Waals surface area (Å²) in [6.07, 6.45) is 1.96. The molecule has 2 rings (SSSR count). The highest BCUT2D eigenvalue weighted by atomic mass is 28.4. The van der Waals surface area contributed by atoms with Gasteiger partial charge in [0.25, 0.3) is 0 Å². The van der Waals surface area contributed by atoms with Gasteiger partial charge in [0.2, 0.25) is 0 Å². The van der Waals surface area contributed by atoms with Crippen LogP contribution in [0.15, 0.2) is 12.1 Å². The van der Waals surface area contributed by atoms with Gasteiger partial charge in [-0.15, -0.1) is 0 Å². The van der Waals surface area contributed by atoms with Crippen molar-refractivity contribution in [2.45, 2.75) is 51.7 Å².